The average molecular weight is 481 g/mol. The number of carboxylic acids is 1. The van der Waals surface area contributed by atoms with Gasteiger partial charge in [0.15, 0.2) is 0 Å². The van der Waals surface area contributed by atoms with E-state index in [-0.39, 0.29) is 12.3 Å². The minimum atomic E-state index is -1.12. The molecule has 0 saturated carbocycles. The molecule has 180 valence electrons. The number of carbonyl (C=O) groups excluding carboxylic acids is 2. The van der Waals surface area contributed by atoms with Gasteiger partial charge in [-0.3, -0.25) is 9.69 Å². The smallest absolute Gasteiger partial charge is 0.327 e. The standard InChI is InChI=1S/C27H32N2O4S/c1-4-16-29(27(33)28-24(26(31)32)19-34-18-20(3)5-2)25(30)23-13-9-12-22(17-23)15-14-21-10-7-6-8-11-21/h6-13,17,20,24H,4-5,16,18-19H2,1-3H3,(H,28,33)(H,31,32)/t20?,24-/m0/s1. The van der Waals surface area contributed by atoms with E-state index in [2.05, 4.69) is 31.0 Å². The molecule has 0 spiro atoms. The van der Waals surface area contributed by atoms with Crippen LogP contribution in [-0.2, 0) is 4.79 Å². The van der Waals surface area contributed by atoms with Gasteiger partial charge in [0.2, 0.25) is 0 Å². The van der Waals surface area contributed by atoms with Crippen LogP contribution < -0.4 is 5.32 Å². The predicted octanol–water partition coefficient (Wildman–Crippen LogP) is 4.88. The summed E-state index contributed by atoms with van der Waals surface area (Å²) in [6, 6.07) is 14.5. The number of carbonyl (C=O) groups is 3. The summed E-state index contributed by atoms with van der Waals surface area (Å²) in [6.07, 6.45) is 1.55. The third kappa shape index (κ3) is 8.60. The van der Waals surface area contributed by atoms with Crippen molar-refractivity contribution in [2.75, 3.05) is 18.1 Å². The molecule has 2 rings (SSSR count). The number of nitrogens with zero attached hydrogens (tertiary/aromatic N) is 1. The second-order valence-electron chi connectivity index (χ2n) is 8.04. The van der Waals surface area contributed by atoms with Gasteiger partial charge in [0.05, 0.1) is 0 Å². The van der Waals surface area contributed by atoms with Crippen LogP contribution in [0.15, 0.2) is 54.6 Å². The van der Waals surface area contributed by atoms with Crippen molar-refractivity contribution in [2.45, 2.75) is 39.7 Å². The summed E-state index contributed by atoms with van der Waals surface area (Å²) in [7, 11) is 0. The number of hydrogen-bond donors (Lipinski definition) is 2. The van der Waals surface area contributed by atoms with Crippen molar-refractivity contribution in [3.63, 3.8) is 0 Å². The van der Waals surface area contributed by atoms with Crippen LogP contribution in [0.2, 0.25) is 0 Å². The second kappa shape index (κ2) is 14.1. The molecule has 2 aromatic rings. The molecule has 0 aliphatic heterocycles. The van der Waals surface area contributed by atoms with Gasteiger partial charge in [-0.25, -0.2) is 9.59 Å². The van der Waals surface area contributed by atoms with Crippen molar-refractivity contribution >= 4 is 29.7 Å². The highest BCUT2D eigenvalue weighted by atomic mass is 32.2. The van der Waals surface area contributed by atoms with E-state index in [1.165, 1.54) is 11.8 Å². The van der Waals surface area contributed by atoms with E-state index in [4.69, 9.17) is 0 Å². The van der Waals surface area contributed by atoms with Crippen molar-refractivity contribution in [1.29, 1.82) is 0 Å². The molecule has 2 aromatic carbocycles. The fourth-order valence-electron chi connectivity index (χ4n) is 2.98. The van der Waals surface area contributed by atoms with Crippen LogP contribution >= 0.6 is 11.8 Å². The molecule has 1 unspecified atom stereocenters. The second-order valence-corrected chi connectivity index (χ2v) is 9.12. The van der Waals surface area contributed by atoms with Crippen LogP contribution in [0.1, 0.15) is 55.1 Å². The van der Waals surface area contributed by atoms with E-state index in [0.717, 1.165) is 22.6 Å². The molecule has 0 saturated heterocycles. The molecule has 7 heteroatoms. The van der Waals surface area contributed by atoms with Crippen molar-refractivity contribution in [3.05, 3.63) is 71.3 Å². The summed E-state index contributed by atoms with van der Waals surface area (Å²) in [5, 5.41) is 12.1. The number of thioether (sulfide) groups is 1. The van der Waals surface area contributed by atoms with Crippen molar-refractivity contribution in [2.24, 2.45) is 5.92 Å². The highest BCUT2D eigenvalue weighted by Crippen LogP contribution is 2.14. The molecule has 0 aromatic heterocycles. The maximum atomic E-state index is 13.2. The van der Waals surface area contributed by atoms with Gasteiger partial charge in [0, 0.05) is 29.0 Å². The maximum Gasteiger partial charge on any atom is 0.327 e. The number of nitrogens with one attached hydrogen (secondary N) is 1. The Bertz CT molecular complexity index is 1030. The first kappa shape index (κ1) is 27.0. The van der Waals surface area contributed by atoms with Crippen molar-refractivity contribution in [3.8, 4) is 11.8 Å². The Labute approximate surface area is 206 Å². The summed E-state index contributed by atoms with van der Waals surface area (Å²) in [5.41, 5.74) is 1.83. The number of amides is 3. The highest BCUT2D eigenvalue weighted by molar-refractivity contribution is 7.99. The molecular formula is C27H32N2O4S. The van der Waals surface area contributed by atoms with E-state index in [9.17, 15) is 19.5 Å². The fourth-order valence-corrected chi connectivity index (χ4v) is 4.21. The lowest BCUT2D eigenvalue weighted by Gasteiger charge is -2.23. The lowest BCUT2D eigenvalue weighted by molar-refractivity contribution is -0.138. The Morgan fingerprint density at radius 1 is 1.00 bits per heavy atom. The number of urea groups is 1. The lowest BCUT2D eigenvalue weighted by Crippen LogP contribution is -2.51. The van der Waals surface area contributed by atoms with Gasteiger partial charge in [-0.15, -0.1) is 0 Å². The number of rotatable bonds is 10. The van der Waals surface area contributed by atoms with Crippen molar-refractivity contribution in [1.82, 2.24) is 10.2 Å². The van der Waals surface area contributed by atoms with Gasteiger partial charge < -0.3 is 10.4 Å². The molecule has 0 aliphatic rings. The quantitative estimate of drug-likeness (QED) is 0.473. The Balaban J connectivity index is 2.13. The molecular weight excluding hydrogens is 448 g/mol. The van der Waals surface area contributed by atoms with Gasteiger partial charge in [-0.2, -0.15) is 11.8 Å². The first-order valence-electron chi connectivity index (χ1n) is 11.5. The minimum absolute atomic E-state index is 0.178. The zero-order valence-electron chi connectivity index (χ0n) is 19.9. The van der Waals surface area contributed by atoms with Gasteiger partial charge in [0.25, 0.3) is 5.91 Å². The number of imide groups is 1. The Kier molecular flexibility index (Phi) is 11.2. The van der Waals surface area contributed by atoms with Gasteiger partial charge in [-0.1, -0.05) is 63.3 Å². The molecule has 0 fully saturated rings. The Morgan fingerprint density at radius 3 is 2.32 bits per heavy atom. The molecule has 0 bridgehead atoms. The third-order valence-electron chi connectivity index (χ3n) is 5.15. The zero-order valence-corrected chi connectivity index (χ0v) is 20.7. The van der Waals surface area contributed by atoms with E-state index in [1.807, 2.05) is 37.3 Å². The van der Waals surface area contributed by atoms with E-state index in [1.54, 1.807) is 24.3 Å². The number of aliphatic carboxylic acids is 1. The number of carboxylic acid groups (broad SMARTS) is 1. The molecule has 6 nitrogen and oxygen atoms in total. The summed E-state index contributed by atoms with van der Waals surface area (Å²) in [4.78, 5) is 38.8. The number of benzene rings is 2. The predicted molar refractivity (Wildman–Crippen MR) is 137 cm³/mol. The minimum Gasteiger partial charge on any atom is -0.480 e. The lowest BCUT2D eigenvalue weighted by atomic mass is 10.1. The topological polar surface area (TPSA) is 86.7 Å². The first-order valence-corrected chi connectivity index (χ1v) is 12.6. The molecule has 0 aliphatic carbocycles. The Morgan fingerprint density at radius 2 is 1.68 bits per heavy atom. The molecule has 34 heavy (non-hydrogen) atoms. The third-order valence-corrected chi connectivity index (χ3v) is 6.53. The first-order chi connectivity index (χ1) is 16.3. The Hall–Kier alpha value is -3.24. The summed E-state index contributed by atoms with van der Waals surface area (Å²) < 4.78 is 0. The van der Waals surface area contributed by atoms with Crippen LogP contribution in [0.25, 0.3) is 0 Å². The molecule has 0 heterocycles. The summed E-state index contributed by atoms with van der Waals surface area (Å²) in [5.74, 6) is 6.00. The summed E-state index contributed by atoms with van der Waals surface area (Å²) >= 11 is 1.49. The normalized spacial score (nSPS) is 12.1. The number of hydrogen-bond acceptors (Lipinski definition) is 4. The van der Waals surface area contributed by atoms with E-state index >= 15 is 0 Å². The van der Waals surface area contributed by atoms with Crippen LogP contribution in [0.4, 0.5) is 4.79 Å². The molecule has 2 N–H and O–H groups in total. The van der Waals surface area contributed by atoms with Gasteiger partial charge in [-0.05, 0) is 48.4 Å². The monoisotopic (exact) mass is 480 g/mol. The highest BCUT2D eigenvalue weighted by Gasteiger charge is 2.27. The molecule has 3 amide bonds. The van der Waals surface area contributed by atoms with Crippen LogP contribution in [0.3, 0.4) is 0 Å². The van der Waals surface area contributed by atoms with E-state index < -0.39 is 23.9 Å². The summed E-state index contributed by atoms with van der Waals surface area (Å²) in [6.45, 7) is 6.21. The fraction of sp³-hybridized carbons (Fsp3) is 0.370. The molecule has 2 atom stereocenters. The van der Waals surface area contributed by atoms with Crippen LogP contribution in [0.5, 0.6) is 0 Å². The van der Waals surface area contributed by atoms with Crippen LogP contribution in [-0.4, -0.2) is 52.0 Å². The van der Waals surface area contributed by atoms with Crippen molar-refractivity contribution < 1.29 is 19.5 Å². The maximum absolute atomic E-state index is 13.2. The largest absolute Gasteiger partial charge is 0.480 e. The van der Waals surface area contributed by atoms with Gasteiger partial charge >= 0.3 is 12.0 Å². The van der Waals surface area contributed by atoms with Gasteiger partial charge in [0.1, 0.15) is 6.04 Å². The van der Waals surface area contributed by atoms with E-state index in [0.29, 0.717) is 23.5 Å². The average Bonchev–Trinajstić information content (AvgIpc) is 2.85. The van der Waals surface area contributed by atoms with Crippen LogP contribution in [0, 0.1) is 17.8 Å². The molecule has 0 radical (unpaired) electrons. The SMILES string of the molecule is CCCN(C(=O)N[C@@H](CSCC(C)CC)C(=O)O)C(=O)c1cccc(C#Cc2ccccc2)c1. The zero-order chi connectivity index (χ0) is 24.9.